The molecule has 4 nitrogen and oxygen atoms in total. The van der Waals surface area contributed by atoms with Crippen molar-refractivity contribution in [1.82, 2.24) is 9.88 Å². The van der Waals surface area contributed by atoms with E-state index in [4.69, 9.17) is 4.98 Å². The van der Waals surface area contributed by atoms with Gasteiger partial charge in [-0.15, -0.1) is 0 Å². The van der Waals surface area contributed by atoms with Crippen molar-refractivity contribution in [1.29, 1.82) is 5.26 Å². The molecule has 0 radical (unpaired) electrons. The van der Waals surface area contributed by atoms with Gasteiger partial charge in [-0.3, -0.25) is 0 Å². The molecule has 22 heavy (non-hydrogen) atoms. The van der Waals surface area contributed by atoms with Crippen molar-refractivity contribution in [3.8, 4) is 6.07 Å². The van der Waals surface area contributed by atoms with Crippen LogP contribution in [0.25, 0.3) is 0 Å². The Morgan fingerprint density at radius 1 is 1.27 bits per heavy atom. The van der Waals surface area contributed by atoms with E-state index in [0.29, 0.717) is 17.5 Å². The van der Waals surface area contributed by atoms with Gasteiger partial charge in [0.1, 0.15) is 11.9 Å². The molecule has 0 amide bonds. The normalized spacial score (nSPS) is 16.7. The maximum Gasteiger partial charge on any atom is 0.146 e. The highest BCUT2D eigenvalue weighted by Gasteiger charge is 2.19. The lowest BCUT2D eigenvalue weighted by Gasteiger charge is -2.27. The minimum atomic E-state index is 0.378. The van der Waals surface area contributed by atoms with Gasteiger partial charge in [-0.2, -0.15) is 5.26 Å². The number of hydrogen-bond donors (Lipinski definition) is 0. The minimum absolute atomic E-state index is 0.378. The second-order valence-corrected chi connectivity index (χ2v) is 6.68. The van der Waals surface area contributed by atoms with E-state index in [-0.39, 0.29) is 0 Å². The Morgan fingerprint density at radius 2 is 1.95 bits per heavy atom. The zero-order chi connectivity index (χ0) is 16.1. The molecule has 0 N–H and O–H groups in total. The Balaban J connectivity index is 2.03. The van der Waals surface area contributed by atoms with Gasteiger partial charge >= 0.3 is 0 Å². The molecule has 1 aliphatic heterocycles. The summed E-state index contributed by atoms with van der Waals surface area (Å²) in [5.41, 5.74) is 1.72. The fourth-order valence-electron chi connectivity index (χ4n) is 3.01. The molecule has 0 bridgehead atoms. The number of anilines is 1. The summed E-state index contributed by atoms with van der Waals surface area (Å²) in [6.45, 7) is 9.97. The topological polar surface area (TPSA) is 43.2 Å². The Kier molecular flexibility index (Phi) is 5.79. The van der Waals surface area contributed by atoms with Gasteiger partial charge in [0.15, 0.2) is 0 Å². The monoisotopic (exact) mass is 300 g/mol. The third kappa shape index (κ3) is 3.98. The summed E-state index contributed by atoms with van der Waals surface area (Å²) in [7, 11) is 2.05. The van der Waals surface area contributed by atoms with Gasteiger partial charge in [0.2, 0.25) is 0 Å². The highest BCUT2D eigenvalue weighted by molar-refractivity contribution is 5.54. The first kappa shape index (κ1) is 16.8. The predicted octanol–water partition coefficient (Wildman–Crippen LogP) is 3.39. The van der Waals surface area contributed by atoms with Crippen molar-refractivity contribution in [2.75, 3.05) is 31.6 Å². The van der Waals surface area contributed by atoms with Crippen molar-refractivity contribution in [2.45, 2.75) is 52.0 Å². The molecule has 120 valence electrons. The van der Waals surface area contributed by atoms with Crippen LogP contribution in [0, 0.1) is 11.3 Å². The number of pyridine rings is 1. The summed E-state index contributed by atoms with van der Waals surface area (Å²) in [6.07, 6.45) is 3.77. The smallest absolute Gasteiger partial charge is 0.146 e. The van der Waals surface area contributed by atoms with E-state index in [0.717, 1.165) is 24.5 Å². The van der Waals surface area contributed by atoms with Gasteiger partial charge in [0.25, 0.3) is 0 Å². The Bertz CT molecular complexity index is 526. The fourth-order valence-corrected chi connectivity index (χ4v) is 3.01. The Morgan fingerprint density at radius 3 is 2.55 bits per heavy atom. The van der Waals surface area contributed by atoms with Crippen LogP contribution in [0.5, 0.6) is 0 Å². The average molecular weight is 300 g/mol. The van der Waals surface area contributed by atoms with Crippen LogP contribution in [0.3, 0.4) is 0 Å². The fraction of sp³-hybridized carbons (Fsp3) is 0.667. The van der Waals surface area contributed by atoms with Gasteiger partial charge < -0.3 is 9.80 Å². The summed E-state index contributed by atoms with van der Waals surface area (Å²) in [5, 5.41) is 9.32. The standard InChI is InChI=1S/C18H28N4/c1-14(2)17-8-7-16(13-19)18(20-17)21(4)12-9-15(3)22-10-5-6-11-22/h7-8,14-15H,5-6,9-12H2,1-4H3. The second kappa shape index (κ2) is 7.60. The molecule has 1 aliphatic rings. The maximum absolute atomic E-state index is 9.32. The van der Waals surface area contributed by atoms with E-state index in [1.165, 1.54) is 25.9 Å². The van der Waals surface area contributed by atoms with Gasteiger partial charge in [-0.1, -0.05) is 13.8 Å². The van der Waals surface area contributed by atoms with E-state index < -0.39 is 0 Å². The van der Waals surface area contributed by atoms with Crippen LogP contribution >= 0.6 is 0 Å². The molecule has 1 fully saturated rings. The number of nitrogens with zero attached hydrogens (tertiary/aromatic N) is 4. The van der Waals surface area contributed by atoms with Crippen LogP contribution < -0.4 is 4.90 Å². The van der Waals surface area contributed by atoms with Crippen molar-refractivity contribution in [2.24, 2.45) is 0 Å². The number of nitriles is 1. The summed E-state index contributed by atoms with van der Waals surface area (Å²) < 4.78 is 0. The zero-order valence-electron chi connectivity index (χ0n) is 14.3. The van der Waals surface area contributed by atoms with Gasteiger partial charge in [-0.05, 0) is 57.3 Å². The van der Waals surface area contributed by atoms with Crippen molar-refractivity contribution in [3.63, 3.8) is 0 Å². The first-order valence-electron chi connectivity index (χ1n) is 8.39. The largest absolute Gasteiger partial charge is 0.359 e. The molecule has 1 unspecified atom stereocenters. The lowest BCUT2D eigenvalue weighted by molar-refractivity contribution is 0.249. The maximum atomic E-state index is 9.32. The van der Waals surface area contributed by atoms with Gasteiger partial charge in [0.05, 0.1) is 5.56 Å². The third-order valence-electron chi connectivity index (χ3n) is 4.62. The van der Waals surface area contributed by atoms with Crippen LogP contribution in [0.4, 0.5) is 5.82 Å². The quantitative estimate of drug-likeness (QED) is 0.807. The molecule has 0 spiro atoms. The molecule has 2 heterocycles. The first-order valence-corrected chi connectivity index (χ1v) is 8.39. The molecule has 1 saturated heterocycles. The van der Waals surface area contributed by atoms with E-state index in [1.807, 2.05) is 19.2 Å². The number of likely N-dealkylation sites (tertiary alicyclic amines) is 1. The minimum Gasteiger partial charge on any atom is -0.359 e. The highest BCUT2D eigenvalue weighted by Crippen LogP contribution is 2.22. The lowest BCUT2D eigenvalue weighted by Crippen LogP contribution is -2.34. The summed E-state index contributed by atoms with van der Waals surface area (Å²) in [5.74, 6) is 1.20. The van der Waals surface area contributed by atoms with Crippen molar-refractivity contribution >= 4 is 5.82 Å². The highest BCUT2D eigenvalue weighted by atomic mass is 15.2. The number of hydrogen-bond acceptors (Lipinski definition) is 4. The van der Waals surface area contributed by atoms with Crippen LogP contribution in [0.2, 0.25) is 0 Å². The van der Waals surface area contributed by atoms with Crippen LogP contribution in [0.15, 0.2) is 12.1 Å². The average Bonchev–Trinajstić information content (AvgIpc) is 3.06. The van der Waals surface area contributed by atoms with Crippen molar-refractivity contribution < 1.29 is 0 Å². The van der Waals surface area contributed by atoms with E-state index in [1.54, 1.807) is 0 Å². The predicted molar refractivity (Wildman–Crippen MR) is 91.2 cm³/mol. The number of rotatable bonds is 6. The van der Waals surface area contributed by atoms with Crippen LogP contribution in [-0.2, 0) is 0 Å². The van der Waals surface area contributed by atoms with Gasteiger partial charge in [-0.25, -0.2) is 4.98 Å². The van der Waals surface area contributed by atoms with Gasteiger partial charge in [0, 0.05) is 25.3 Å². The van der Waals surface area contributed by atoms with E-state index in [9.17, 15) is 5.26 Å². The number of aromatic nitrogens is 1. The van der Waals surface area contributed by atoms with Crippen molar-refractivity contribution in [3.05, 3.63) is 23.4 Å². The summed E-state index contributed by atoms with van der Waals surface area (Å²) in [4.78, 5) is 9.41. The molecular weight excluding hydrogens is 272 g/mol. The molecular formula is C18H28N4. The van der Waals surface area contributed by atoms with E-state index in [2.05, 4.69) is 36.6 Å². The Labute approximate surface area is 134 Å². The summed E-state index contributed by atoms with van der Waals surface area (Å²) >= 11 is 0. The molecule has 0 aromatic carbocycles. The molecule has 0 aliphatic carbocycles. The lowest BCUT2D eigenvalue weighted by atomic mass is 10.1. The molecule has 4 heteroatoms. The van der Waals surface area contributed by atoms with Crippen LogP contribution in [0.1, 0.15) is 57.2 Å². The SMILES string of the molecule is CC(C)c1ccc(C#N)c(N(C)CCC(C)N2CCCC2)n1. The first-order chi connectivity index (χ1) is 10.5. The Hall–Kier alpha value is -1.60. The third-order valence-corrected chi connectivity index (χ3v) is 4.62. The molecule has 1 aromatic heterocycles. The van der Waals surface area contributed by atoms with E-state index >= 15 is 0 Å². The molecule has 1 atom stereocenters. The molecule has 1 aromatic rings. The zero-order valence-corrected chi connectivity index (χ0v) is 14.3. The summed E-state index contributed by atoms with van der Waals surface area (Å²) in [6, 6.07) is 6.74. The molecule has 2 rings (SSSR count). The molecule has 0 saturated carbocycles. The van der Waals surface area contributed by atoms with Crippen LogP contribution in [-0.4, -0.2) is 42.6 Å². The second-order valence-electron chi connectivity index (χ2n) is 6.68.